The fourth-order valence-electron chi connectivity index (χ4n) is 2.87. The molecule has 1 unspecified atom stereocenters. The summed E-state index contributed by atoms with van der Waals surface area (Å²) in [6, 6.07) is 22.0. The number of carbonyl (C=O) groups is 1. The predicted molar refractivity (Wildman–Crippen MR) is 110 cm³/mol. The van der Waals surface area contributed by atoms with E-state index >= 15 is 0 Å². The van der Waals surface area contributed by atoms with Gasteiger partial charge in [-0.2, -0.15) is 0 Å². The van der Waals surface area contributed by atoms with Crippen LogP contribution in [0.2, 0.25) is 0 Å². The first-order valence-corrected chi connectivity index (χ1v) is 9.32. The van der Waals surface area contributed by atoms with Crippen LogP contribution in [-0.2, 0) is 13.0 Å². The molecule has 0 radical (unpaired) electrons. The third kappa shape index (κ3) is 6.62. The summed E-state index contributed by atoms with van der Waals surface area (Å²) in [7, 11) is 0. The number of urea groups is 1. The maximum absolute atomic E-state index is 13.2. The maximum Gasteiger partial charge on any atom is 0.319 e. The van der Waals surface area contributed by atoms with Gasteiger partial charge in [0.15, 0.2) is 0 Å². The zero-order valence-corrected chi connectivity index (χ0v) is 15.8. The highest BCUT2D eigenvalue weighted by molar-refractivity contribution is 5.89. The van der Waals surface area contributed by atoms with Crippen LogP contribution in [0.5, 0.6) is 5.75 Å². The van der Waals surface area contributed by atoms with Crippen molar-refractivity contribution >= 4 is 11.7 Å². The molecule has 1 atom stereocenters. The molecular weight excluding hydrogens is 371 g/mol. The molecule has 0 aliphatic carbocycles. The Bertz CT molecular complexity index is 934. The number of hydrogen-bond acceptors (Lipinski definition) is 3. The van der Waals surface area contributed by atoms with Crippen LogP contribution in [0.25, 0.3) is 0 Å². The third-order valence-corrected chi connectivity index (χ3v) is 4.27. The minimum absolute atomic E-state index is 0.163. The van der Waals surface area contributed by atoms with Gasteiger partial charge in [0.2, 0.25) is 0 Å². The Hall–Kier alpha value is -3.38. The Balaban J connectivity index is 1.54. The first kappa shape index (κ1) is 20.4. The normalized spacial score (nSPS) is 11.5. The highest BCUT2D eigenvalue weighted by Crippen LogP contribution is 2.16. The van der Waals surface area contributed by atoms with Gasteiger partial charge in [-0.15, -0.1) is 0 Å². The SMILES string of the molecule is O=C(Nc1cccc(COc2cccc(F)c2)c1)NC(CO)Cc1ccccc1. The zero-order chi connectivity index (χ0) is 20.5. The van der Waals surface area contributed by atoms with Crippen LogP contribution in [0.1, 0.15) is 11.1 Å². The molecule has 0 heterocycles. The van der Waals surface area contributed by atoms with E-state index in [1.165, 1.54) is 12.1 Å². The zero-order valence-electron chi connectivity index (χ0n) is 15.8. The summed E-state index contributed by atoms with van der Waals surface area (Å²) >= 11 is 0. The molecule has 0 aliphatic rings. The number of nitrogens with one attached hydrogen (secondary N) is 2. The van der Waals surface area contributed by atoms with E-state index in [4.69, 9.17) is 4.74 Å². The molecule has 150 valence electrons. The van der Waals surface area contributed by atoms with Gasteiger partial charge >= 0.3 is 6.03 Å². The number of benzene rings is 3. The monoisotopic (exact) mass is 394 g/mol. The summed E-state index contributed by atoms with van der Waals surface area (Å²) in [5.41, 5.74) is 2.46. The number of anilines is 1. The van der Waals surface area contributed by atoms with E-state index in [9.17, 15) is 14.3 Å². The molecule has 0 fully saturated rings. The highest BCUT2D eigenvalue weighted by atomic mass is 19.1. The molecule has 0 bridgehead atoms. The van der Waals surface area contributed by atoms with E-state index in [-0.39, 0.29) is 19.0 Å². The number of hydrogen-bond donors (Lipinski definition) is 3. The molecule has 6 heteroatoms. The molecule has 3 rings (SSSR count). The van der Waals surface area contributed by atoms with E-state index in [1.807, 2.05) is 36.4 Å². The minimum atomic E-state index is -0.400. The van der Waals surface area contributed by atoms with Crippen molar-refractivity contribution in [2.45, 2.75) is 19.1 Å². The van der Waals surface area contributed by atoms with Crippen molar-refractivity contribution in [1.82, 2.24) is 5.32 Å². The van der Waals surface area contributed by atoms with Gasteiger partial charge in [-0.1, -0.05) is 48.5 Å². The Morgan fingerprint density at radius 1 is 0.966 bits per heavy atom. The Labute approximate surface area is 169 Å². The first-order chi connectivity index (χ1) is 14.1. The Morgan fingerprint density at radius 2 is 1.72 bits per heavy atom. The van der Waals surface area contributed by atoms with Gasteiger partial charge in [0.1, 0.15) is 18.2 Å². The molecule has 0 aromatic heterocycles. The van der Waals surface area contributed by atoms with E-state index in [0.717, 1.165) is 11.1 Å². The van der Waals surface area contributed by atoms with Crippen molar-refractivity contribution in [3.8, 4) is 5.75 Å². The highest BCUT2D eigenvalue weighted by Gasteiger charge is 2.12. The van der Waals surface area contributed by atoms with Crippen LogP contribution in [0.3, 0.4) is 0 Å². The summed E-state index contributed by atoms with van der Waals surface area (Å²) < 4.78 is 18.8. The average molecular weight is 394 g/mol. The summed E-state index contributed by atoms with van der Waals surface area (Å²) in [5.74, 6) is 0.0799. The van der Waals surface area contributed by atoms with Crippen LogP contribution in [0.4, 0.5) is 14.9 Å². The lowest BCUT2D eigenvalue weighted by atomic mass is 10.1. The van der Waals surface area contributed by atoms with Gasteiger partial charge in [0, 0.05) is 11.8 Å². The van der Waals surface area contributed by atoms with E-state index in [0.29, 0.717) is 17.9 Å². The molecule has 0 saturated heterocycles. The van der Waals surface area contributed by atoms with Crippen LogP contribution in [0, 0.1) is 5.82 Å². The van der Waals surface area contributed by atoms with Crippen molar-refractivity contribution in [1.29, 1.82) is 0 Å². The summed E-state index contributed by atoms with van der Waals surface area (Å²) in [6.45, 7) is 0.0810. The Morgan fingerprint density at radius 3 is 2.48 bits per heavy atom. The van der Waals surface area contributed by atoms with Crippen LogP contribution < -0.4 is 15.4 Å². The summed E-state index contributed by atoms with van der Waals surface area (Å²) in [6.07, 6.45) is 0.534. The average Bonchev–Trinajstić information content (AvgIpc) is 2.73. The van der Waals surface area contributed by atoms with Crippen molar-refractivity contribution < 1.29 is 19.0 Å². The van der Waals surface area contributed by atoms with Gasteiger partial charge in [0.25, 0.3) is 0 Å². The largest absolute Gasteiger partial charge is 0.489 e. The molecule has 3 aromatic carbocycles. The quantitative estimate of drug-likeness (QED) is 0.538. The third-order valence-electron chi connectivity index (χ3n) is 4.27. The second-order valence-corrected chi connectivity index (χ2v) is 6.61. The standard InChI is InChI=1S/C23H23FN2O3/c24-19-9-5-11-22(14-19)29-16-18-8-4-10-20(13-18)25-23(28)26-21(15-27)12-17-6-2-1-3-7-17/h1-11,13-14,21,27H,12,15-16H2,(H2,25,26,28). The maximum atomic E-state index is 13.2. The topological polar surface area (TPSA) is 70.6 Å². The van der Waals surface area contributed by atoms with Gasteiger partial charge in [0.05, 0.1) is 12.6 Å². The number of ether oxygens (including phenoxy) is 1. The van der Waals surface area contributed by atoms with Gasteiger partial charge in [-0.3, -0.25) is 0 Å². The van der Waals surface area contributed by atoms with Crippen molar-refractivity contribution in [2.24, 2.45) is 0 Å². The molecule has 0 saturated carbocycles. The number of aliphatic hydroxyl groups is 1. The van der Waals surface area contributed by atoms with Crippen molar-refractivity contribution in [3.63, 3.8) is 0 Å². The smallest absolute Gasteiger partial charge is 0.319 e. The van der Waals surface area contributed by atoms with E-state index in [1.54, 1.807) is 30.3 Å². The molecule has 0 aliphatic heterocycles. The molecule has 3 aromatic rings. The van der Waals surface area contributed by atoms with Crippen molar-refractivity contribution in [2.75, 3.05) is 11.9 Å². The van der Waals surface area contributed by atoms with Gasteiger partial charge in [-0.25, -0.2) is 9.18 Å². The number of rotatable bonds is 8. The number of carbonyl (C=O) groups excluding carboxylic acids is 1. The predicted octanol–water partition coefficient (Wildman–Crippen LogP) is 4.13. The minimum Gasteiger partial charge on any atom is -0.489 e. The first-order valence-electron chi connectivity index (χ1n) is 9.32. The second kappa shape index (κ2) is 10.2. The van der Waals surface area contributed by atoms with Gasteiger partial charge < -0.3 is 20.5 Å². The fraction of sp³-hybridized carbons (Fsp3) is 0.174. The summed E-state index contributed by atoms with van der Waals surface area (Å²) in [4.78, 5) is 12.3. The van der Waals surface area contributed by atoms with Gasteiger partial charge in [-0.05, 0) is 41.8 Å². The fourth-order valence-corrected chi connectivity index (χ4v) is 2.87. The van der Waals surface area contributed by atoms with Crippen LogP contribution in [0.15, 0.2) is 78.9 Å². The number of aliphatic hydroxyl groups excluding tert-OH is 1. The number of amides is 2. The molecule has 29 heavy (non-hydrogen) atoms. The molecular formula is C23H23FN2O3. The lowest BCUT2D eigenvalue weighted by Gasteiger charge is -2.17. The van der Waals surface area contributed by atoms with E-state index < -0.39 is 12.1 Å². The lowest BCUT2D eigenvalue weighted by molar-refractivity contribution is 0.224. The molecule has 3 N–H and O–H groups in total. The second-order valence-electron chi connectivity index (χ2n) is 6.61. The lowest BCUT2D eigenvalue weighted by Crippen LogP contribution is -2.41. The van der Waals surface area contributed by atoms with E-state index in [2.05, 4.69) is 10.6 Å². The number of halogens is 1. The molecule has 0 spiro atoms. The van der Waals surface area contributed by atoms with Crippen LogP contribution in [-0.4, -0.2) is 23.8 Å². The molecule has 5 nitrogen and oxygen atoms in total. The summed E-state index contributed by atoms with van der Waals surface area (Å²) in [5, 5.41) is 15.1. The van der Waals surface area contributed by atoms with Crippen molar-refractivity contribution in [3.05, 3.63) is 95.8 Å². The molecule has 2 amide bonds. The Kier molecular flexibility index (Phi) is 7.19. The van der Waals surface area contributed by atoms with Crippen LogP contribution >= 0.6 is 0 Å².